The Morgan fingerprint density at radius 2 is 2.00 bits per heavy atom. The maximum Gasteiger partial charge on any atom is 0.345 e. The molecular formula is C18H21N7O3. The van der Waals surface area contributed by atoms with Crippen molar-refractivity contribution in [3.05, 3.63) is 50.9 Å². The van der Waals surface area contributed by atoms with E-state index in [0.29, 0.717) is 30.4 Å². The number of fused-ring (bicyclic) bond motifs is 2. The highest BCUT2D eigenvalue weighted by Gasteiger charge is 2.16. The summed E-state index contributed by atoms with van der Waals surface area (Å²) in [5.41, 5.74) is 0.0623. The van der Waals surface area contributed by atoms with E-state index in [0.717, 1.165) is 36.3 Å². The number of rotatable bonds is 6. The lowest BCUT2D eigenvalue weighted by Crippen LogP contribution is -2.35. The molecule has 0 bridgehead atoms. The second kappa shape index (κ2) is 7.75. The van der Waals surface area contributed by atoms with Crippen LogP contribution in [0.3, 0.4) is 0 Å². The smallest absolute Gasteiger partial charge is 0.345 e. The Hall–Kier alpha value is -3.30. The predicted octanol–water partition coefficient (Wildman–Crippen LogP) is -0.307. The Kier molecular flexibility index (Phi) is 5.00. The molecule has 1 aliphatic heterocycles. The number of benzene rings is 1. The minimum Gasteiger partial charge on any atom is -0.354 e. The van der Waals surface area contributed by atoms with E-state index in [1.54, 1.807) is 28.8 Å². The van der Waals surface area contributed by atoms with Crippen LogP contribution < -0.4 is 16.6 Å². The Balaban J connectivity index is 1.31. The van der Waals surface area contributed by atoms with Crippen LogP contribution in [0.1, 0.15) is 25.1 Å². The fraction of sp³-hybridized carbons (Fsp3) is 0.444. The van der Waals surface area contributed by atoms with Crippen LogP contribution in [0.4, 0.5) is 0 Å². The van der Waals surface area contributed by atoms with E-state index < -0.39 is 0 Å². The lowest BCUT2D eigenvalue weighted by Gasteiger charge is -2.09. The van der Waals surface area contributed by atoms with Gasteiger partial charge in [0, 0.05) is 26.1 Å². The van der Waals surface area contributed by atoms with Gasteiger partial charge in [0.25, 0.3) is 5.56 Å². The van der Waals surface area contributed by atoms with Gasteiger partial charge >= 0.3 is 5.69 Å². The third kappa shape index (κ3) is 3.57. The molecule has 10 heteroatoms. The highest BCUT2D eigenvalue weighted by Crippen LogP contribution is 2.09. The molecule has 1 aromatic carbocycles. The standard InChI is InChI=1S/C18H21N7O3/c26-16(12-25-17(27)13-6-1-2-7-14(13)20-22-25)19-9-5-11-24-18(28)23-10-4-3-8-15(23)21-24/h1-2,6-7H,3-5,8-12H2,(H,19,26). The predicted molar refractivity (Wildman–Crippen MR) is 101 cm³/mol. The summed E-state index contributed by atoms with van der Waals surface area (Å²) in [4.78, 5) is 36.7. The number of aromatic nitrogens is 6. The first-order valence-electron chi connectivity index (χ1n) is 9.39. The van der Waals surface area contributed by atoms with Gasteiger partial charge in [-0.1, -0.05) is 17.3 Å². The van der Waals surface area contributed by atoms with Gasteiger partial charge in [0.1, 0.15) is 17.9 Å². The van der Waals surface area contributed by atoms with Gasteiger partial charge in [-0.15, -0.1) is 5.10 Å². The molecule has 0 saturated heterocycles. The number of hydrogen-bond acceptors (Lipinski definition) is 6. The first-order chi connectivity index (χ1) is 13.6. The van der Waals surface area contributed by atoms with E-state index in [1.165, 1.54) is 4.68 Å². The molecular weight excluding hydrogens is 362 g/mol. The maximum atomic E-state index is 12.3. The van der Waals surface area contributed by atoms with Crippen LogP contribution in [0, 0.1) is 0 Å². The van der Waals surface area contributed by atoms with Crippen LogP contribution >= 0.6 is 0 Å². The molecule has 3 heterocycles. The lowest BCUT2D eigenvalue weighted by molar-refractivity contribution is -0.121. The van der Waals surface area contributed by atoms with Gasteiger partial charge < -0.3 is 5.32 Å². The number of carbonyl (C=O) groups excluding carboxylic acids is 1. The zero-order chi connectivity index (χ0) is 19.5. The average molecular weight is 383 g/mol. The van der Waals surface area contributed by atoms with Gasteiger partial charge in [-0.3, -0.25) is 14.2 Å². The minimum absolute atomic E-state index is 0.0842. The first kappa shape index (κ1) is 18.1. The molecule has 0 unspecified atom stereocenters. The molecule has 2 aromatic heterocycles. The molecule has 10 nitrogen and oxygen atoms in total. The highest BCUT2D eigenvalue weighted by atomic mass is 16.2. The third-order valence-corrected chi connectivity index (χ3v) is 4.82. The summed E-state index contributed by atoms with van der Waals surface area (Å²) in [6.07, 6.45) is 3.47. The van der Waals surface area contributed by atoms with Crippen molar-refractivity contribution in [3.63, 3.8) is 0 Å². The zero-order valence-corrected chi connectivity index (χ0v) is 15.4. The Labute approximate surface area is 159 Å². The molecule has 1 amide bonds. The van der Waals surface area contributed by atoms with Gasteiger partial charge in [0.05, 0.1) is 5.39 Å². The number of carbonyl (C=O) groups is 1. The van der Waals surface area contributed by atoms with Crippen molar-refractivity contribution >= 4 is 16.8 Å². The molecule has 0 spiro atoms. The number of amides is 1. The minimum atomic E-state index is -0.351. The van der Waals surface area contributed by atoms with Crippen molar-refractivity contribution in [3.8, 4) is 0 Å². The monoisotopic (exact) mass is 383 g/mol. The van der Waals surface area contributed by atoms with Gasteiger partial charge in [-0.05, 0) is 31.4 Å². The number of aryl methyl sites for hydroxylation is 2. The third-order valence-electron chi connectivity index (χ3n) is 4.82. The van der Waals surface area contributed by atoms with Crippen LogP contribution in [0.15, 0.2) is 33.9 Å². The van der Waals surface area contributed by atoms with Crippen molar-refractivity contribution < 1.29 is 4.79 Å². The lowest BCUT2D eigenvalue weighted by atomic mass is 10.2. The van der Waals surface area contributed by atoms with Gasteiger partial charge in [0.2, 0.25) is 5.91 Å². The van der Waals surface area contributed by atoms with Crippen molar-refractivity contribution in [2.45, 2.75) is 45.3 Å². The number of nitrogens with zero attached hydrogens (tertiary/aromatic N) is 6. The molecule has 0 aliphatic carbocycles. The van der Waals surface area contributed by atoms with E-state index in [-0.39, 0.29) is 23.7 Å². The Bertz CT molecular complexity index is 1130. The Morgan fingerprint density at radius 1 is 1.14 bits per heavy atom. The summed E-state index contributed by atoms with van der Waals surface area (Å²) < 4.78 is 4.24. The second-order valence-electron chi connectivity index (χ2n) is 6.80. The molecule has 3 aromatic rings. The molecule has 0 radical (unpaired) electrons. The number of nitrogens with one attached hydrogen (secondary N) is 1. The average Bonchev–Trinajstić information content (AvgIpc) is 3.04. The molecule has 146 valence electrons. The quantitative estimate of drug-likeness (QED) is 0.584. The SMILES string of the molecule is O=C(Cn1nnc2ccccc2c1=O)NCCCn1nc2n(c1=O)CCCC2. The van der Waals surface area contributed by atoms with E-state index >= 15 is 0 Å². The Morgan fingerprint density at radius 3 is 2.86 bits per heavy atom. The van der Waals surface area contributed by atoms with Gasteiger partial charge in [-0.2, -0.15) is 5.10 Å². The summed E-state index contributed by atoms with van der Waals surface area (Å²) in [7, 11) is 0. The molecule has 28 heavy (non-hydrogen) atoms. The van der Waals surface area contributed by atoms with E-state index in [2.05, 4.69) is 20.7 Å². The van der Waals surface area contributed by atoms with Gasteiger partial charge in [-0.25, -0.2) is 14.2 Å². The summed E-state index contributed by atoms with van der Waals surface area (Å²) in [5, 5.41) is 15.3. The molecule has 0 fully saturated rings. The van der Waals surface area contributed by atoms with Crippen molar-refractivity contribution in [1.82, 2.24) is 34.7 Å². The van der Waals surface area contributed by atoms with Crippen molar-refractivity contribution in [1.29, 1.82) is 0 Å². The van der Waals surface area contributed by atoms with Crippen molar-refractivity contribution in [2.24, 2.45) is 0 Å². The molecule has 0 saturated carbocycles. The fourth-order valence-corrected chi connectivity index (χ4v) is 3.37. The van der Waals surface area contributed by atoms with Crippen LogP contribution in [-0.2, 0) is 30.8 Å². The zero-order valence-electron chi connectivity index (χ0n) is 15.4. The first-order valence-corrected chi connectivity index (χ1v) is 9.39. The summed E-state index contributed by atoms with van der Waals surface area (Å²) in [6, 6.07) is 6.87. The topological polar surface area (TPSA) is 117 Å². The normalized spacial score (nSPS) is 13.4. The number of hydrogen-bond donors (Lipinski definition) is 1. The van der Waals surface area contributed by atoms with Crippen LogP contribution in [0.5, 0.6) is 0 Å². The second-order valence-corrected chi connectivity index (χ2v) is 6.80. The summed E-state index contributed by atoms with van der Waals surface area (Å²) in [5.74, 6) is 0.512. The van der Waals surface area contributed by atoms with Crippen LogP contribution in [0.25, 0.3) is 10.9 Å². The molecule has 0 atom stereocenters. The van der Waals surface area contributed by atoms with Crippen molar-refractivity contribution in [2.75, 3.05) is 6.54 Å². The molecule has 1 N–H and O–H groups in total. The van der Waals surface area contributed by atoms with Crippen LogP contribution in [-0.4, -0.2) is 41.8 Å². The van der Waals surface area contributed by atoms with Gasteiger partial charge in [0.15, 0.2) is 0 Å². The fourth-order valence-electron chi connectivity index (χ4n) is 3.37. The highest BCUT2D eigenvalue weighted by molar-refractivity contribution is 5.78. The van der Waals surface area contributed by atoms with E-state index in [4.69, 9.17) is 0 Å². The summed E-state index contributed by atoms with van der Waals surface area (Å²) in [6.45, 7) is 1.35. The molecule has 4 rings (SSSR count). The maximum absolute atomic E-state index is 12.3. The largest absolute Gasteiger partial charge is 0.354 e. The molecule has 1 aliphatic rings. The summed E-state index contributed by atoms with van der Waals surface area (Å²) >= 11 is 0. The van der Waals surface area contributed by atoms with Crippen LogP contribution in [0.2, 0.25) is 0 Å². The van der Waals surface area contributed by atoms with E-state index in [1.807, 2.05) is 0 Å². The van der Waals surface area contributed by atoms with E-state index in [9.17, 15) is 14.4 Å².